The van der Waals surface area contributed by atoms with Gasteiger partial charge in [0.1, 0.15) is 0 Å². The second-order valence-electron chi connectivity index (χ2n) is 6.43. The number of urea groups is 1. The van der Waals surface area contributed by atoms with Crippen LogP contribution in [0.3, 0.4) is 0 Å². The molecule has 1 aromatic heterocycles. The molecule has 0 radical (unpaired) electrons. The molecule has 1 unspecified atom stereocenters. The first kappa shape index (κ1) is 17.5. The SMILES string of the molecule is O=C(NCCCn1cccn1)NCC(c1ccccc1)N1CCCC1. The Morgan fingerprint density at radius 3 is 2.64 bits per heavy atom. The average Bonchev–Trinajstić information content (AvgIpc) is 3.34. The summed E-state index contributed by atoms with van der Waals surface area (Å²) in [6.45, 7) is 4.30. The van der Waals surface area contributed by atoms with Crippen molar-refractivity contribution < 1.29 is 4.79 Å². The molecule has 2 aromatic rings. The Kier molecular flexibility index (Phi) is 6.45. The summed E-state index contributed by atoms with van der Waals surface area (Å²) >= 11 is 0. The number of hydrogen-bond donors (Lipinski definition) is 2. The summed E-state index contributed by atoms with van der Waals surface area (Å²) in [4.78, 5) is 14.6. The highest BCUT2D eigenvalue weighted by Gasteiger charge is 2.23. The maximum absolute atomic E-state index is 12.1. The number of benzene rings is 1. The maximum Gasteiger partial charge on any atom is 0.314 e. The van der Waals surface area contributed by atoms with Gasteiger partial charge in [-0.05, 0) is 44.0 Å². The van der Waals surface area contributed by atoms with Gasteiger partial charge in [-0.2, -0.15) is 5.10 Å². The summed E-state index contributed by atoms with van der Waals surface area (Å²) < 4.78 is 1.87. The minimum absolute atomic E-state index is 0.0967. The second-order valence-corrected chi connectivity index (χ2v) is 6.43. The smallest absolute Gasteiger partial charge is 0.314 e. The van der Waals surface area contributed by atoms with Crippen molar-refractivity contribution in [3.8, 4) is 0 Å². The van der Waals surface area contributed by atoms with Gasteiger partial charge in [-0.3, -0.25) is 9.58 Å². The van der Waals surface area contributed by atoms with Crippen LogP contribution in [0.4, 0.5) is 4.79 Å². The molecule has 1 saturated heterocycles. The lowest BCUT2D eigenvalue weighted by atomic mass is 10.1. The van der Waals surface area contributed by atoms with Crippen molar-refractivity contribution in [3.05, 3.63) is 54.4 Å². The van der Waals surface area contributed by atoms with E-state index in [1.165, 1.54) is 18.4 Å². The molecule has 0 spiro atoms. The predicted octanol–water partition coefficient (Wildman–Crippen LogP) is 2.41. The molecule has 2 N–H and O–H groups in total. The maximum atomic E-state index is 12.1. The molecule has 25 heavy (non-hydrogen) atoms. The molecule has 1 aliphatic rings. The van der Waals surface area contributed by atoms with Crippen molar-refractivity contribution in [2.75, 3.05) is 26.2 Å². The zero-order chi connectivity index (χ0) is 17.3. The van der Waals surface area contributed by atoms with E-state index in [-0.39, 0.29) is 12.1 Å². The molecule has 0 saturated carbocycles. The average molecular weight is 341 g/mol. The van der Waals surface area contributed by atoms with E-state index in [4.69, 9.17) is 0 Å². The predicted molar refractivity (Wildman–Crippen MR) is 98.2 cm³/mol. The molecule has 0 aliphatic carbocycles. The Labute approximate surface area is 149 Å². The van der Waals surface area contributed by atoms with Crippen LogP contribution in [-0.4, -0.2) is 46.9 Å². The van der Waals surface area contributed by atoms with Gasteiger partial charge in [0.2, 0.25) is 0 Å². The number of aryl methyl sites for hydroxylation is 1. The van der Waals surface area contributed by atoms with Crippen LogP contribution in [0.15, 0.2) is 48.8 Å². The fourth-order valence-electron chi connectivity index (χ4n) is 3.31. The van der Waals surface area contributed by atoms with Crippen LogP contribution < -0.4 is 10.6 Å². The first-order chi connectivity index (χ1) is 12.3. The van der Waals surface area contributed by atoms with Gasteiger partial charge in [0.25, 0.3) is 0 Å². The number of nitrogens with one attached hydrogen (secondary N) is 2. The Balaban J connectivity index is 1.43. The minimum atomic E-state index is -0.0967. The number of aromatic nitrogens is 2. The van der Waals surface area contributed by atoms with Crippen molar-refractivity contribution in [2.24, 2.45) is 0 Å². The van der Waals surface area contributed by atoms with Crippen LogP contribution in [0.25, 0.3) is 0 Å². The van der Waals surface area contributed by atoms with E-state index in [0.717, 1.165) is 26.1 Å². The highest BCUT2D eigenvalue weighted by Crippen LogP contribution is 2.24. The monoisotopic (exact) mass is 341 g/mol. The first-order valence-corrected chi connectivity index (χ1v) is 9.11. The number of likely N-dealkylation sites (tertiary alicyclic amines) is 1. The Morgan fingerprint density at radius 2 is 1.92 bits per heavy atom. The molecule has 1 atom stereocenters. The molecule has 1 fully saturated rings. The van der Waals surface area contributed by atoms with Crippen LogP contribution >= 0.6 is 0 Å². The Hall–Kier alpha value is -2.34. The molecule has 0 bridgehead atoms. The Morgan fingerprint density at radius 1 is 1.12 bits per heavy atom. The van der Waals surface area contributed by atoms with E-state index in [1.54, 1.807) is 6.20 Å². The number of rotatable bonds is 8. The summed E-state index contributed by atoms with van der Waals surface area (Å²) in [6.07, 6.45) is 7.04. The fraction of sp³-hybridized carbons (Fsp3) is 0.474. The van der Waals surface area contributed by atoms with Gasteiger partial charge < -0.3 is 10.6 Å². The summed E-state index contributed by atoms with van der Waals surface area (Å²) in [5.41, 5.74) is 1.27. The number of carbonyl (C=O) groups is 1. The second kappa shape index (κ2) is 9.22. The van der Waals surface area contributed by atoms with Gasteiger partial charge in [0, 0.05) is 32.0 Å². The molecule has 134 valence electrons. The van der Waals surface area contributed by atoms with Crippen molar-refractivity contribution in [1.29, 1.82) is 0 Å². The quantitative estimate of drug-likeness (QED) is 0.725. The van der Waals surface area contributed by atoms with Crippen LogP contribution in [0.1, 0.15) is 30.9 Å². The third-order valence-electron chi connectivity index (χ3n) is 4.63. The van der Waals surface area contributed by atoms with Crippen LogP contribution in [-0.2, 0) is 6.54 Å². The molecule has 2 amide bonds. The molecule has 2 heterocycles. The summed E-state index contributed by atoms with van der Waals surface area (Å²) in [7, 11) is 0. The molecule has 6 nitrogen and oxygen atoms in total. The number of nitrogens with zero attached hydrogens (tertiary/aromatic N) is 3. The number of hydrogen-bond acceptors (Lipinski definition) is 3. The summed E-state index contributed by atoms with van der Waals surface area (Å²) in [5.74, 6) is 0. The van der Waals surface area contributed by atoms with Crippen LogP contribution in [0.2, 0.25) is 0 Å². The normalized spacial score (nSPS) is 15.8. The lowest BCUT2D eigenvalue weighted by molar-refractivity contribution is 0.220. The van der Waals surface area contributed by atoms with Gasteiger partial charge in [0.05, 0.1) is 6.04 Å². The van der Waals surface area contributed by atoms with Crippen LogP contribution in [0.5, 0.6) is 0 Å². The van der Waals surface area contributed by atoms with E-state index in [1.807, 2.05) is 23.0 Å². The van der Waals surface area contributed by atoms with E-state index in [0.29, 0.717) is 13.1 Å². The molecular weight excluding hydrogens is 314 g/mol. The third-order valence-corrected chi connectivity index (χ3v) is 4.63. The largest absolute Gasteiger partial charge is 0.338 e. The van der Waals surface area contributed by atoms with Gasteiger partial charge in [0.15, 0.2) is 0 Å². The van der Waals surface area contributed by atoms with E-state index < -0.39 is 0 Å². The summed E-state index contributed by atoms with van der Waals surface area (Å²) in [5, 5.41) is 10.1. The van der Waals surface area contributed by atoms with Crippen LogP contribution in [0, 0.1) is 0 Å². The lowest BCUT2D eigenvalue weighted by Crippen LogP contribution is -2.42. The highest BCUT2D eigenvalue weighted by atomic mass is 16.2. The topological polar surface area (TPSA) is 62.2 Å². The zero-order valence-electron chi connectivity index (χ0n) is 14.6. The lowest BCUT2D eigenvalue weighted by Gasteiger charge is -2.28. The highest BCUT2D eigenvalue weighted by molar-refractivity contribution is 5.73. The Bertz CT molecular complexity index is 623. The molecule has 6 heteroatoms. The standard InChI is InChI=1S/C19H27N5O/c25-19(20-10-6-14-24-15-7-11-22-24)21-16-18(23-12-4-5-13-23)17-8-2-1-3-9-17/h1-3,7-9,11,15,18H,4-6,10,12-14,16H2,(H2,20,21,25). The number of carbonyl (C=O) groups excluding carboxylic acids is 1. The van der Waals surface area contributed by atoms with Gasteiger partial charge >= 0.3 is 6.03 Å². The minimum Gasteiger partial charge on any atom is -0.338 e. The van der Waals surface area contributed by atoms with Crippen molar-refractivity contribution in [1.82, 2.24) is 25.3 Å². The zero-order valence-corrected chi connectivity index (χ0v) is 14.6. The van der Waals surface area contributed by atoms with Gasteiger partial charge in [-0.15, -0.1) is 0 Å². The van der Waals surface area contributed by atoms with Gasteiger partial charge in [-0.1, -0.05) is 30.3 Å². The fourth-order valence-corrected chi connectivity index (χ4v) is 3.31. The first-order valence-electron chi connectivity index (χ1n) is 9.11. The van der Waals surface area contributed by atoms with E-state index in [9.17, 15) is 4.79 Å². The van der Waals surface area contributed by atoms with E-state index >= 15 is 0 Å². The van der Waals surface area contributed by atoms with Crippen molar-refractivity contribution in [2.45, 2.75) is 31.8 Å². The van der Waals surface area contributed by atoms with Gasteiger partial charge in [-0.25, -0.2) is 4.79 Å². The molecular formula is C19H27N5O. The number of amides is 2. The molecule has 1 aliphatic heterocycles. The summed E-state index contributed by atoms with van der Waals surface area (Å²) in [6, 6.07) is 12.5. The molecule has 1 aromatic carbocycles. The molecule has 3 rings (SSSR count). The van der Waals surface area contributed by atoms with Crippen molar-refractivity contribution >= 4 is 6.03 Å². The van der Waals surface area contributed by atoms with Crippen molar-refractivity contribution in [3.63, 3.8) is 0 Å². The third kappa shape index (κ3) is 5.32. The van der Waals surface area contributed by atoms with E-state index in [2.05, 4.69) is 44.9 Å².